The topological polar surface area (TPSA) is 17.1 Å². The van der Waals surface area contributed by atoms with Crippen molar-refractivity contribution >= 4 is 11.6 Å². The first-order valence-electron chi connectivity index (χ1n) is 12.4. The number of carbonyl (C=O) groups is 1. The van der Waals surface area contributed by atoms with Gasteiger partial charge in [-0.25, -0.2) is 9.28 Å². The van der Waals surface area contributed by atoms with E-state index in [1.807, 2.05) is 6.92 Å². The van der Waals surface area contributed by atoms with Gasteiger partial charge in [0.15, 0.2) is 5.69 Å². The molecular formula is C27H35F3NO+. The van der Waals surface area contributed by atoms with Gasteiger partial charge in [-0.1, -0.05) is 38.5 Å². The molecule has 0 spiro atoms. The molecule has 3 saturated carbocycles. The minimum atomic E-state index is -4.48. The van der Waals surface area contributed by atoms with E-state index in [9.17, 15) is 18.0 Å². The molecule has 1 heterocycles. The number of benzene rings is 1. The Labute approximate surface area is 189 Å². The molecule has 5 heteroatoms. The summed E-state index contributed by atoms with van der Waals surface area (Å²) in [5, 5.41) is 0. The lowest BCUT2D eigenvalue weighted by atomic mass is 9.48. The number of carbonyl (C=O) groups excluding carboxylic acids is 1. The molecule has 32 heavy (non-hydrogen) atoms. The van der Waals surface area contributed by atoms with E-state index in [1.54, 1.807) is 18.2 Å². The Kier molecular flexibility index (Phi) is 4.98. The maximum atomic E-state index is 14.1. The fourth-order valence-corrected chi connectivity index (χ4v) is 8.73. The average molecular weight is 447 g/mol. The lowest BCUT2D eigenvalue weighted by molar-refractivity contribution is -0.145. The molecule has 7 atom stereocenters. The van der Waals surface area contributed by atoms with Crippen LogP contribution in [0.4, 0.5) is 18.9 Å². The fourth-order valence-electron chi connectivity index (χ4n) is 8.73. The minimum Gasteiger partial charge on any atom is -0.226 e. The molecular weight excluding hydrogens is 411 g/mol. The molecule has 2 nitrogen and oxygen atoms in total. The average Bonchev–Trinajstić information content (AvgIpc) is 3.16. The lowest BCUT2D eigenvalue weighted by Crippen LogP contribution is -2.71. The third kappa shape index (κ3) is 2.85. The van der Waals surface area contributed by atoms with Crippen LogP contribution in [0.1, 0.15) is 71.3 Å². The Hall–Kier alpha value is -1.62. The second-order valence-electron chi connectivity index (χ2n) is 11.3. The maximum absolute atomic E-state index is 14.1. The van der Waals surface area contributed by atoms with Crippen molar-refractivity contribution in [3.63, 3.8) is 0 Å². The molecule has 5 rings (SSSR count). The predicted octanol–water partition coefficient (Wildman–Crippen LogP) is 7.13. The largest absolute Gasteiger partial charge is 0.422 e. The molecule has 1 unspecified atom stereocenters. The summed E-state index contributed by atoms with van der Waals surface area (Å²) >= 11 is 0. The Bertz CT molecular complexity index is 954. The van der Waals surface area contributed by atoms with Crippen molar-refractivity contribution in [2.24, 2.45) is 28.6 Å². The number of alkyl halides is 3. The van der Waals surface area contributed by atoms with Crippen LogP contribution in [0.5, 0.6) is 0 Å². The molecule has 0 saturated heterocycles. The molecule has 1 aromatic rings. The van der Waals surface area contributed by atoms with Crippen LogP contribution in [0.25, 0.3) is 0 Å². The number of hydrogen-bond acceptors (Lipinski definition) is 1. The molecule has 3 aliphatic carbocycles. The van der Waals surface area contributed by atoms with Gasteiger partial charge < -0.3 is 0 Å². The quantitative estimate of drug-likeness (QED) is 0.442. The first kappa shape index (κ1) is 22.2. The first-order chi connectivity index (χ1) is 15.1. The van der Waals surface area contributed by atoms with Crippen molar-refractivity contribution in [3.05, 3.63) is 42.0 Å². The summed E-state index contributed by atoms with van der Waals surface area (Å²) < 4.78 is 42.0. The number of quaternary nitrogens is 1. The monoisotopic (exact) mass is 446 g/mol. The third-order valence-corrected chi connectivity index (χ3v) is 10.2. The van der Waals surface area contributed by atoms with E-state index in [0.29, 0.717) is 23.8 Å². The van der Waals surface area contributed by atoms with Crippen LogP contribution in [0.3, 0.4) is 0 Å². The highest BCUT2D eigenvalue weighted by Crippen LogP contribution is 2.65. The van der Waals surface area contributed by atoms with Gasteiger partial charge in [0, 0.05) is 24.0 Å². The van der Waals surface area contributed by atoms with E-state index < -0.39 is 11.7 Å². The fraction of sp³-hybridized carbons (Fsp3) is 0.667. The highest BCUT2D eigenvalue weighted by atomic mass is 19.4. The Morgan fingerprint density at radius 1 is 1.03 bits per heavy atom. The molecule has 4 aliphatic rings. The number of amides is 1. The lowest BCUT2D eigenvalue weighted by Gasteiger charge is -2.61. The smallest absolute Gasteiger partial charge is 0.226 e. The van der Waals surface area contributed by atoms with Crippen molar-refractivity contribution in [2.45, 2.75) is 77.9 Å². The summed E-state index contributed by atoms with van der Waals surface area (Å²) in [4.78, 5) is 13.5. The normalized spacial score (nSPS) is 43.5. The molecule has 0 bridgehead atoms. The van der Waals surface area contributed by atoms with Crippen LogP contribution in [0.15, 0.2) is 36.4 Å². The molecule has 1 aromatic carbocycles. The van der Waals surface area contributed by atoms with Crippen LogP contribution in [0, 0.1) is 28.6 Å². The van der Waals surface area contributed by atoms with E-state index in [4.69, 9.17) is 0 Å². The third-order valence-electron chi connectivity index (χ3n) is 10.2. The van der Waals surface area contributed by atoms with Gasteiger partial charge in [-0.15, -0.1) is 0 Å². The summed E-state index contributed by atoms with van der Waals surface area (Å²) in [7, 11) is 0. The van der Waals surface area contributed by atoms with Crippen molar-refractivity contribution < 1.29 is 18.0 Å². The number of likely N-dealkylation sites (N-methyl/N-ethyl adjacent to an activating group) is 1. The van der Waals surface area contributed by atoms with Crippen LogP contribution in [0.2, 0.25) is 0 Å². The summed E-state index contributed by atoms with van der Waals surface area (Å²) in [5.41, 5.74) is -0.372. The zero-order valence-corrected chi connectivity index (χ0v) is 19.4. The predicted molar refractivity (Wildman–Crippen MR) is 121 cm³/mol. The van der Waals surface area contributed by atoms with E-state index in [-0.39, 0.29) is 27.5 Å². The van der Waals surface area contributed by atoms with Gasteiger partial charge >= 0.3 is 12.1 Å². The Balaban J connectivity index is 1.64. The molecule has 0 N–H and O–H groups in total. The Morgan fingerprint density at radius 2 is 1.78 bits per heavy atom. The van der Waals surface area contributed by atoms with Gasteiger partial charge in [-0.05, 0) is 68.3 Å². The van der Waals surface area contributed by atoms with Crippen molar-refractivity contribution in [3.8, 4) is 0 Å². The molecule has 3 fully saturated rings. The van der Waals surface area contributed by atoms with Crippen molar-refractivity contribution in [1.82, 2.24) is 4.48 Å². The van der Waals surface area contributed by atoms with E-state index in [0.717, 1.165) is 31.2 Å². The highest BCUT2D eigenvalue weighted by molar-refractivity contribution is 5.99. The zero-order chi connectivity index (χ0) is 22.9. The Morgan fingerprint density at radius 3 is 2.50 bits per heavy atom. The second kappa shape index (κ2) is 7.19. The number of nitrogens with zero attached hydrogens (tertiary/aromatic N) is 1. The van der Waals surface area contributed by atoms with E-state index in [2.05, 4.69) is 19.9 Å². The van der Waals surface area contributed by atoms with Gasteiger partial charge in [-0.3, -0.25) is 0 Å². The van der Waals surface area contributed by atoms with Gasteiger partial charge in [-0.2, -0.15) is 13.2 Å². The minimum absolute atomic E-state index is 0.132. The SMILES string of the molecule is CC[N+]1(c2ccccc2C(F)(F)F)C(=O)C=C[C@@]2(C)[C@H]1CC[C@H]1[C@@H]3CCC[C@@]3(C)CC[C@@H]12. The van der Waals surface area contributed by atoms with Crippen molar-refractivity contribution in [2.75, 3.05) is 6.54 Å². The number of halogens is 3. The van der Waals surface area contributed by atoms with Gasteiger partial charge in [0.1, 0.15) is 11.6 Å². The van der Waals surface area contributed by atoms with Crippen LogP contribution in [-0.2, 0) is 11.0 Å². The number of hydrogen-bond donors (Lipinski definition) is 0. The zero-order valence-electron chi connectivity index (χ0n) is 19.4. The van der Waals surface area contributed by atoms with E-state index in [1.165, 1.54) is 31.7 Å². The standard InChI is InChI=1S/C27H35F3NO/c1-4-31(22-10-6-5-8-21(22)27(28,29)30)23-12-11-18-19-9-7-15-25(19,2)16-13-20(18)26(23,3)17-14-24(31)32/h5-6,8,10,14,17-20,23H,4,7,9,11-13,15-16H2,1-3H3/q+1/t18-,19-,20-,23+,25-,26+,31?/m0/s1. The van der Waals surface area contributed by atoms with Gasteiger partial charge in [0.2, 0.25) is 0 Å². The number of fused-ring (bicyclic) bond motifs is 5. The number of rotatable bonds is 2. The summed E-state index contributed by atoms with van der Waals surface area (Å²) in [6, 6.07) is 5.62. The van der Waals surface area contributed by atoms with Crippen LogP contribution >= 0.6 is 0 Å². The molecule has 0 aromatic heterocycles. The summed E-state index contributed by atoms with van der Waals surface area (Å²) in [5.74, 6) is 1.57. The molecule has 174 valence electrons. The second-order valence-corrected chi connectivity index (χ2v) is 11.3. The van der Waals surface area contributed by atoms with Gasteiger partial charge in [0.05, 0.1) is 6.54 Å². The highest BCUT2D eigenvalue weighted by Gasteiger charge is 2.64. The first-order valence-corrected chi connectivity index (χ1v) is 12.4. The number of para-hydroxylation sites is 1. The van der Waals surface area contributed by atoms with E-state index >= 15 is 0 Å². The molecule has 0 radical (unpaired) electrons. The molecule has 1 aliphatic heterocycles. The summed E-state index contributed by atoms with van der Waals surface area (Å²) in [6.07, 6.45) is 7.28. The van der Waals surface area contributed by atoms with Gasteiger partial charge in [0.25, 0.3) is 0 Å². The summed E-state index contributed by atoms with van der Waals surface area (Å²) in [6.45, 7) is 6.93. The van der Waals surface area contributed by atoms with Crippen molar-refractivity contribution in [1.29, 1.82) is 0 Å². The van der Waals surface area contributed by atoms with Crippen LogP contribution < -0.4 is 4.48 Å². The molecule has 1 amide bonds. The maximum Gasteiger partial charge on any atom is 0.422 e. The van der Waals surface area contributed by atoms with Crippen LogP contribution in [-0.4, -0.2) is 18.5 Å².